The molecule has 0 aliphatic heterocycles. The number of hydrogen-bond donors (Lipinski definition) is 0. The zero-order valence-electron chi connectivity index (χ0n) is 21.5. The molecule has 4 aromatic carbocycles. The first kappa shape index (κ1) is 27.2. The minimum absolute atomic E-state index is 0.978. The maximum atomic E-state index is 2.31. The van der Waals surface area contributed by atoms with Crippen molar-refractivity contribution in [3.8, 4) is 0 Å². The Morgan fingerprint density at radius 1 is 0.406 bits per heavy atom. The largest absolute Gasteiger partial charge is 0.0683 e. The molecule has 0 nitrogen and oxygen atoms in total. The van der Waals surface area contributed by atoms with E-state index in [9.17, 15) is 0 Å². The van der Waals surface area contributed by atoms with Crippen LogP contribution in [0.25, 0.3) is 10.8 Å². The predicted molar refractivity (Wildman–Crippen MR) is 146 cm³/mol. The normalized spacial score (nSPS) is 9.50. The van der Waals surface area contributed by atoms with Crippen LogP contribution in [-0.4, -0.2) is 0 Å². The maximum Gasteiger partial charge on any atom is -0.00196 e. The zero-order chi connectivity index (χ0) is 23.9. The fraction of sp³-hybridized carbons (Fsp3) is 0.312. The fourth-order valence-electron chi connectivity index (χ4n) is 3.58. The molecule has 0 fully saturated rings. The summed E-state index contributed by atoms with van der Waals surface area (Å²) in [5.41, 5.74) is 8.16. The quantitative estimate of drug-likeness (QED) is 0.304. The van der Waals surface area contributed by atoms with Gasteiger partial charge < -0.3 is 0 Å². The fourth-order valence-corrected chi connectivity index (χ4v) is 3.58. The SMILES string of the molecule is CC.CC.CC.Cc1ccc(Cc2ccc(Cc3ccc(C)cc3)c3ccccc23)cc1. The summed E-state index contributed by atoms with van der Waals surface area (Å²) >= 11 is 0. The first-order valence-electron chi connectivity index (χ1n) is 12.3. The Kier molecular flexibility index (Phi) is 12.8. The van der Waals surface area contributed by atoms with Crippen molar-refractivity contribution in [1.82, 2.24) is 0 Å². The lowest BCUT2D eigenvalue weighted by molar-refractivity contribution is 1.17. The Balaban J connectivity index is 0.000000789. The Hall–Kier alpha value is -2.86. The summed E-state index contributed by atoms with van der Waals surface area (Å²) in [7, 11) is 0. The highest BCUT2D eigenvalue weighted by atomic mass is 14.1. The van der Waals surface area contributed by atoms with Crippen LogP contribution < -0.4 is 0 Å². The van der Waals surface area contributed by atoms with E-state index < -0.39 is 0 Å². The third-order valence-corrected chi connectivity index (χ3v) is 5.14. The van der Waals surface area contributed by atoms with Crippen LogP contribution in [0.2, 0.25) is 0 Å². The molecule has 4 aromatic rings. The lowest BCUT2D eigenvalue weighted by Crippen LogP contribution is -1.95. The topological polar surface area (TPSA) is 0 Å². The molecule has 0 heteroatoms. The molecule has 0 heterocycles. The number of aryl methyl sites for hydroxylation is 2. The average Bonchev–Trinajstić information content (AvgIpc) is 2.87. The minimum atomic E-state index is 0.978. The van der Waals surface area contributed by atoms with Crippen LogP contribution in [-0.2, 0) is 12.8 Å². The van der Waals surface area contributed by atoms with Gasteiger partial charge in [-0.25, -0.2) is 0 Å². The van der Waals surface area contributed by atoms with Crippen molar-refractivity contribution >= 4 is 10.8 Å². The van der Waals surface area contributed by atoms with E-state index in [1.165, 1.54) is 44.2 Å². The van der Waals surface area contributed by atoms with Gasteiger partial charge in [-0.15, -0.1) is 0 Å². The lowest BCUT2D eigenvalue weighted by atomic mass is 9.92. The van der Waals surface area contributed by atoms with Crippen molar-refractivity contribution in [2.75, 3.05) is 0 Å². The summed E-state index contributed by atoms with van der Waals surface area (Å²) in [5, 5.41) is 2.75. The van der Waals surface area contributed by atoms with Gasteiger partial charge in [-0.3, -0.25) is 0 Å². The van der Waals surface area contributed by atoms with Crippen LogP contribution in [0.4, 0.5) is 0 Å². The Labute approximate surface area is 197 Å². The van der Waals surface area contributed by atoms with Gasteiger partial charge in [-0.1, -0.05) is 138 Å². The monoisotopic (exact) mass is 426 g/mol. The molecule has 0 radical (unpaired) electrons. The molecule has 0 aliphatic carbocycles. The number of benzene rings is 4. The molecule has 0 amide bonds. The minimum Gasteiger partial charge on any atom is -0.0683 e. The molecule has 0 spiro atoms. The summed E-state index contributed by atoms with van der Waals surface area (Å²) in [5.74, 6) is 0. The third kappa shape index (κ3) is 7.68. The van der Waals surface area contributed by atoms with Gasteiger partial charge in [0.25, 0.3) is 0 Å². The Bertz CT molecular complexity index is 936. The van der Waals surface area contributed by atoms with Crippen molar-refractivity contribution < 1.29 is 0 Å². The maximum absolute atomic E-state index is 2.31. The van der Waals surface area contributed by atoms with E-state index in [0.717, 1.165) is 12.8 Å². The van der Waals surface area contributed by atoms with Crippen molar-refractivity contribution in [3.05, 3.63) is 118 Å². The Morgan fingerprint density at radius 2 is 0.719 bits per heavy atom. The summed E-state index contributed by atoms with van der Waals surface area (Å²) in [6.45, 7) is 16.3. The van der Waals surface area contributed by atoms with Crippen LogP contribution in [0.3, 0.4) is 0 Å². The predicted octanol–water partition coefficient (Wildman–Crippen LogP) is 9.72. The molecule has 32 heavy (non-hydrogen) atoms. The molecular formula is C32H42. The molecule has 0 aromatic heterocycles. The van der Waals surface area contributed by atoms with Gasteiger partial charge in [0.05, 0.1) is 0 Å². The van der Waals surface area contributed by atoms with Crippen LogP contribution in [0.1, 0.15) is 74.9 Å². The number of fused-ring (bicyclic) bond motifs is 1. The highest BCUT2D eigenvalue weighted by Gasteiger charge is 2.07. The van der Waals surface area contributed by atoms with Gasteiger partial charge in [0.15, 0.2) is 0 Å². The van der Waals surface area contributed by atoms with E-state index in [1.807, 2.05) is 41.5 Å². The van der Waals surface area contributed by atoms with Crippen molar-refractivity contribution in [2.45, 2.75) is 68.2 Å². The molecule has 0 unspecified atom stereocenters. The van der Waals surface area contributed by atoms with Gasteiger partial charge in [0, 0.05) is 0 Å². The summed E-state index contributed by atoms with van der Waals surface area (Å²) in [4.78, 5) is 0. The van der Waals surface area contributed by atoms with Gasteiger partial charge in [0.1, 0.15) is 0 Å². The van der Waals surface area contributed by atoms with Crippen LogP contribution >= 0.6 is 0 Å². The Morgan fingerprint density at radius 3 is 1.03 bits per heavy atom. The molecule has 0 atom stereocenters. The third-order valence-electron chi connectivity index (χ3n) is 5.14. The summed E-state index contributed by atoms with van der Waals surface area (Å²) in [6.07, 6.45) is 1.96. The van der Waals surface area contributed by atoms with E-state index >= 15 is 0 Å². The lowest BCUT2D eigenvalue weighted by Gasteiger charge is -2.12. The van der Waals surface area contributed by atoms with Gasteiger partial charge >= 0.3 is 0 Å². The number of rotatable bonds is 4. The highest BCUT2D eigenvalue weighted by Crippen LogP contribution is 2.27. The smallest absolute Gasteiger partial charge is 0.00196 e. The van der Waals surface area contributed by atoms with E-state index in [4.69, 9.17) is 0 Å². The molecule has 0 bridgehead atoms. The first-order valence-corrected chi connectivity index (χ1v) is 12.3. The van der Waals surface area contributed by atoms with Crippen LogP contribution in [0.5, 0.6) is 0 Å². The highest BCUT2D eigenvalue weighted by molar-refractivity contribution is 5.89. The second kappa shape index (κ2) is 15.0. The van der Waals surface area contributed by atoms with E-state index in [1.54, 1.807) is 0 Å². The van der Waals surface area contributed by atoms with E-state index in [-0.39, 0.29) is 0 Å². The van der Waals surface area contributed by atoms with Gasteiger partial charge in [0.2, 0.25) is 0 Å². The first-order chi connectivity index (χ1) is 15.7. The van der Waals surface area contributed by atoms with Crippen LogP contribution in [0.15, 0.2) is 84.9 Å². The van der Waals surface area contributed by atoms with Crippen molar-refractivity contribution in [2.24, 2.45) is 0 Å². The molecule has 0 aliphatic rings. The van der Waals surface area contributed by atoms with E-state index in [2.05, 4.69) is 98.8 Å². The van der Waals surface area contributed by atoms with Gasteiger partial charge in [-0.05, 0) is 59.7 Å². The molecule has 170 valence electrons. The average molecular weight is 427 g/mol. The van der Waals surface area contributed by atoms with Crippen molar-refractivity contribution in [1.29, 1.82) is 0 Å². The summed E-state index contributed by atoms with van der Waals surface area (Å²) < 4.78 is 0. The zero-order valence-corrected chi connectivity index (χ0v) is 21.5. The van der Waals surface area contributed by atoms with Gasteiger partial charge in [-0.2, -0.15) is 0 Å². The molecule has 4 rings (SSSR count). The molecule has 0 saturated heterocycles. The standard InChI is InChI=1S/C26H24.3C2H6/c1-19-7-11-21(12-8-19)17-23-15-16-24(26-6-4-3-5-25(23)26)18-22-13-9-20(2)10-14-22;3*1-2/h3-16H,17-18H2,1-2H3;3*1-2H3. The van der Waals surface area contributed by atoms with Crippen LogP contribution in [0, 0.1) is 13.8 Å². The molecular weight excluding hydrogens is 384 g/mol. The van der Waals surface area contributed by atoms with E-state index in [0.29, 0.717) is 0 Å². The molecule has 0 N–H and O–H groups in total. The number of hydrogen-bond acceptors (Lipinski definition) is 0. The van der Waals surface area contributed by atoms with Crippen molar-refractivity contribution in [3.63, 3.8) is 0 Å². The summed E-state index contributed by atoms with van der Waals surface area (Å²) in [6, 6.07) is 31.2. The second-order valence-corrected chi connectivity index (χ2v) is 7.25. The molecule has 0 saturated carbocycles. The second-order valence-electron chi connectivity index (χ2n) is 7.25.